The maximum Gasteiger partial charge on any atom is 0.264 e. The van der Waals surface area contributed by atoms with Crippen molar-refractivity contribution in [3.63, 3.8) is 0 Å². The highest BCUT2D eigenvalue weighted by Gasteiger charge is 2.33. The summed E-state index contributed by atoms with van der Waals surface area (Å²) in [5.41, 5.74) is 2.98. The number of hydrogen-bond donors (Lipinski definition) is 1. The number of sulfonamides is 1. The van der Waals surface area contributed by atoms with Crippen LogP contribution in [0.4, 0.5) is 5.69 Å². The Kier molecular flexibility index (Phi) is 10.9. The van der Waals surface area contributed by atoms with Crippen LogP contribution in [0.1, 0.15) is 50.8 Å². The van der Waals surface area contributed by atoms with E-state index in [1.54, 1.807) is 43.3 Å². The van der Waals surface area contributed by atoms with Crippen LogP contribution in [0, 0.1) is 6.92 Å². The van der Waals surface area contributed by atoms with E-state index in [4.69, 9.17) is 0 Å². The van der Waals surface area contributed by atoms with Crippen molar-refractivity contribution in [2.75, 3.05) is 10.8 Å². The molecule has 0 aliphatic heterocycles. The summed E-state index contributed by atoms with van der Waals surface area (Å²) in [6.45, 7) is 9.06. The Morgan fingerprint density at radius 3 is 2.25 bits per heavy atom. The lowest BCUT2D eigenvalue weighted by Gasteiger charge is -2.33. The van der Waals surface area contributed by atoms with Gasteiger partial charge in [-0.25, -0.2) is 8.42 Å². The Labute approximate surface area is 246 Å². The van der Waals surface area contributed by atoms with E-state index in [9.17, 15) is 18.0 Å². The van der Waals surface area contributed by atoms with E-state index in [0.29, 0.717) is 12.1 Å². The Balaban J connectivity index is 2.06. The highest BCUT2D eigenvalue weighted by molar-refractivity contribution is 9.10. The maximum absolute atomic E-state index is 14.1. The van der Waals surface area contributed by atoms with Crippen LogP contribution in [-0.2, 0) is 32.6 Å². The monoisotopic (exact) mass is 627 g/mol. The molecular weight excluding hydrogens is 590 g/mol. The van der Waals surface area contributed by atoms with Crippen LogP contribution in [-0.4, -0.2) is 43.8 Å². The van der Waals surface area contributed by atoms with Gasteiger partial charge in [0.05, 0.1) is 10.6 Å². The summed E-state index contributed by atoms with van der Waals surface area (Å²) in [5.74, 6) is -0.770. The van der Waals surface area contributed by atoms with Crippen LogP contribution in [0.5, 0.6) is 0 Å². The van der Waals surface area contributed by atoms with E-state index in [2.05, 4.69) is 21.2 Å². The van der Waals surface area contributed by atoms with Crippen LogP contribution in [0.25, 0.3) is 0 Å². The Morgan fingerprint density at radius 1 is 0.950 bits per heavy atom. The van der Waals surface area contributed by atoms with Crippen LogP contribution >= 0.6 is 15.9 Å². The minimum absolute atomic E-state index is 0.0624. The first kappa shape index (κ1) is 31.4. The molecule has 0 saturated carbocycles. The Morgan fingerprint density at radius 2 is 1.62 bits per heavy atom. The molecule has 0 spiro atoms. The van der Waals surface area contributed by atoms with Crippen molar-refractivity contribution >= 4 is 43.5 Å². The van der Waals surface area contributed by atoms with Gasteiger partial charge in [-0.2, -0.15) is 0 Å². The second kappa shape index (κ2) is 13.9. The zero-order valence-corrected chi connectivity index (χ0v) is 26.1. The largest absolute Gasteiger partial charge is 0.352 e. The number of aryl methyl sites for hydroxylation is 2. The number of benzene rings is 3. The van der Waals surface area contributed by atoms with Gasteiger partial charge in [0.2, 0.25) is 11.8 Å². The summed E-state index contributed by atoms with van der Waals surface area (Å²) < 4.78 is 30.1. The topological polar surface area (TPSA) is 86.8 Å². The highest BCUT2D eigenvalue weighted by Crippen LogP contribution is 2.28. The second-order valence-corrected chi connectivity index (χ2v) is 12.7. The zero-order chi connectivity index (χ0) is 29.4. The summed E-state index contributed by atoms with van der Waals surface area (Å²) in [6, 6.07) is 20.4. The molecule has 3 aromatic carbocycles. The number of carbonyl (C=O) groups excluding carboxylic acids is 2. The minimum Gasteiger partial charge on any atom is -0.352 e. The molecule has 3 rings (SSSR count). The van der Waals surface area contributed by atoms with Gasteiger partial charge in [-0.3, -0.25) is 13.9 Å². The van der Waals surface area contributed by atoms with Crippen molar-refractivity contribution in [1.82, 2.24) is 10.2 Å². The quantitative estimate of drug-likeness (QED) is 0.273. The number of para-hydroxylation sites is 1. The van der Waals surface area contributed by atoms with Crippen molar-refractivity contribution in [2.45, 2.75) is 71.0 Å². The first-order valence-electron chi connectivity index (χ1n) is 13.5. The number of rotatable bonds is 12. The molecule has 2 unspecified atom stereocenters. The van der Waals surface area contributed by atoms with Crippen LogP contribution in [0.15, 0.2) is 82.2 Å². The lowest BCUT2D eigenvalue weighted by atomic mass is 10.1. The van der Waals surface area contributed by atoms with Crippen molar-refractivity contribution in [3.05, 3.63) is 94.0 Å². The lowest BCUT2D eigenvalue weighted by Crippen LogP contribution is -2.52. The number of anilines is 1. The molecule has 0 fully saturated rings. The number of carbonyl (C=O) groups is 2. The average molecular weight is 629 g/mol. The molecule has 0 bridgehead atoms. The number of nitrogens with zero attached hydrogens (tertiary/aromatic N) is 2. The summed E-state index contributed by atoms with van der Waals surface area (Å²) in [6.07, 6.45) is 1.33. The lowest BCUT2D eigenvalue weighted by molar-refractivity contribution is -0.139. The van der Waals surface area contributed by atoms with Gasteiger partial charge in [-0.15, -0.1) is 0 Å². The molecule has 214 valence electrons. The first-order chi connectivity index (χ1) is 19.0. The molecule has 2 atom stereocenters. The van der Waals surface area contributed by atoms with Gasteiger partial charge in [0.25, 0.3) is 10.0 Å². The predicted molar refractivity (Wildman–Crippen MR) is 164 cm³/mol. The standard InChI is InChI=1S/C31H38BrN3O4S/c1-6-23(4)33-31(37)24(5)34(20-25-11-10-13-27(32)19-25)30(36)21-35(29-14-9-8-12-26(29)7-2)40(38,39)28-17-15-22(3)16-18-28/h8-19,23-24H,6-7,20-21H2,1-5H3,(H,33,37). The average Bonchev–Trinajstić information content (AvgIpc) is 2.94. The van der Waals surface area contributed by atoms with Crippen LogP contribution < -0.4 is 9.62 Å². The maximum atomic E-state index is 14.1. The third-order valence-electron chi connectivity index (χ3n) is 6.94. The van der Waals surface area contributed by atoms with Crippen molar-refractivity contribution in [2.24, 2.45) is 0 Å². The van der Waals surface area contributed by atoms with Gasteiger partial charge < -0.3 is 10.2 Å². The van der Waals surface area contributed by atoms with E-state index >= 15 is 0 Å². The number of amides is 2. The number of hydrogen-bond acceptors (Lipinski definition) is 4. The molecule has 0 aliphatic carbocycles. The Hall–Kier alpha value is -3.17. The molecule has 40 heavy (non-hydrogen) atoms. The minimum atomic E-state index is -4.10. The molecule has 0 aromatic heterocycles. The molecule has 0 radical (unpaired) electrons. The van der Waals surface area contributed by atoms with Crippen molar-refractivity contribution in [1.29, 1.82) is 0 Å². The molecule has 0 saturated heterocycles. The Bertz CT molecular complexity index is 1430. The van der Waals surface area contributed by atoms with Gasteiger partial charge in [0.1, 0.15) is 12.6 Å². The summed E-state index contributed by atoms with van der Waals surface area (Å²) in [5, 5.41) is 2.95. The van der Waals surface area contributed by atoms with E-state index in [1.165, 1.54) is 9.21 Å². The van der Waals surface area contributed by atoms with E-state index < -0.39 is 28.5 Å². The van der Waals surface area contributed by atoms with E-state index in [-0.39, 0.29) is 23.4 Å². The fourth-order valence-corrected chi connectivity index (χ4v) is 6.18. The summed E-state index contributed by atoms with van der Waals surface area (Å²) >= 11 is 3.47. The molecular formula is C31H38BrN3O4S. The van der Waals surface area contributed by atoms with Crippen molar-refractivity contribution < 1.29 is 18.0 Å². The third-order valence-corrected chi connectivity index (χ3v) is 9.21. The third kappa shape index (κ3) is 7.73. The van der Waals surface area contributed by atoms with E-state index in [1.807, 2.05) is 64.1 Å². The predicted octanol–water partition coefficient (Wildman–Crippen LogP) is 5.85. The highest BCUT2D eigenvalue weighted by atomic mass is 79.9. The van der Waals surface area contributed by atoms with Gasteiger partial charge in [-0.1, -0.05) is 77.8 Å². The van der Waals surface area contributed by atoms with Gasteiger partial charge in [0.15, 0.2) is 0 Å². The smallest absolute Gasteiger partial charge is 0.264 e. The fraction of sp³-hybridized carbons (Fsp3) is 0.355. The number of nitrogens with one attached hydrogen (secondary N) is 1. The molecule has 7 nitrogen and oxygen atoms in total. The summed E-state index contributed by atoms with van der Waals surface area (Å²) in [7, 11) is -4.10. The zero-order valence-electron chi connectivity index (χ0n) is 23.7. The normalized spacial score (nSPS) is 12.8. The molecule has 0 heterocycles. The van der Waals surface area contributed by atoms with Crippen molar-refractivity contribution in [3.8, 4) is 0 Å². The van der Waals surface area contributed by atoms with Gasteiger partial charge in [0, 0.05) is 17.1 Å². The molecule has 1 N–H and O–H groups in total. The fourth-order valence-electron chi connectivity index (χ4n) is 4.28. The SMILES string of the molecule is CCc1ccccc1N(CC(=O)N(Cc1cccc(Br)c1)C(C)C(=O)NC(C)CC)S(=O)(=O)c1ccc(C)cc1. The van der Waals surface area contributed by atoms with Crippen LogP contribution in [0.2, 0.25) is 0 Å². The first-order valence-corrected chi connectivity index (χ1v) is 15.7. The molecule has 2 amide bonds. The molecule has 9 heteroatoms. The van der Waals surface area contributed by atoms with E-state index in [0.717, 1.165) is 27.6 Å². The number of halogens is 1. The molecule has 0 aliphatic rings. The van der Waals surface area contributed by atoms with Gasteiger partial charge in [-0.05, 0) is 75.1 Å². The van der Waals surface area contributed by atoms with Crippen LogP contribution in [0.3, 0.4) is 0 Å². The second-order valence-electron chi connectivity index (χ2n) is 9.95. The summed E-state index contributed by atoms with van der Waals surface area (Å²) in [4.78, 5) is 28.8. The van der Waals surface area contributed by atoms with Gasteiger partial charge >= 0.3 is 0 Å². The molecule has 3 aromatic rings.